The summed E-state index contributed by atoms with van der Waals surface area (Å²) in [5.74, 6) is 0. The Morgan fingerprint density at radius 3 is 2.56 bits per heavy atom. The number of halogens is 1. The summed E-state index contributed by atoms with van der Waals surface area (Å²) in [6.07, 6.45) is 0. The molecule has 3 N–H and O–H groups in total. The van der Waals surface area contributed by atoms with E-state index in [9.17, 15) is 0 Å². The van der Waals surface area contributed by atoms with E-state index in [-0.39, 0.29) is 6.04 Å². The average molecular weight is 261 g/mol. The maximum atomic E-state index is 6.18. The van der Waals surface area contributed by atoms with Gasteiger partial charge in [0.2, 0.25) is 0 Å². The van der Waals surface area contributed by atoms with Gasteiger partial charge in [0.25, 0.3) is 0 Å². The fraction of sp³-hybridized carbons (Fsp3) is 0.200. The summed E-state index contributed by atoms with van der Waals surface area (Å²) in [4.78, 5) is 0. The number of benzene rings is 2. The molecule has 2 nitrogen and oxygen atoms in total. The topological polar surface area (TPSA) is 38.0 Å². The molecule has 0 spiro atoms. The highest BCUT2D eigenvalue weighted by atomic mass is 35.5. The molecule has 0 saturated carbocycles. The molecule has 2 aromatic carbocycles. The number of rotatable bonds is 3. The number of anilines is 2. The molecule has 0 aromatic heterocycles. The number of nitrogen functional groups attached to an aromatic ring is 1. The van der Waals surface area contributed by atoms with Crippen LogP contribution in [-0.2, 0) is 0 Å². The van der Waals surface area contributed by atoms with Gasteiger partial charge in [-0.25, -0.2) is 0 Å². The van der Waals surface area contributed by atoms with Gasteiger partial charge in [0.05, 0.1) is 0 Å². The lowest BCUT2D eigenvalue weighted by Crippen LogP contribution is -2.07. The van der Waals surface area contributed by atoms with Gasteiger partial charge in [0.1, 0.15) is 0 Å². The van der Waals surface area contributed by atoms with Crippen LogP contribution < -0.4 is 11.1 Å². The van der Waals surface area contributed by atoms with Crippen LogP contribution in [0.15, 0.2) is 42.5 Å². The SMILES string of the molecule is Cc1cc(N)cc(NC(C)c2ccccc2Cl)c1. The van der Waals surface area contributed by atoms with E-state index in [1.165, 1.54) is 0 Å². The van der Waals surface area contributed by atoms with Crippen LogP contribution in [0.4, 0.5) is 11.4 Å². The van der Waals surface area contributed by atoms with E-state index in [0.29, 0.717) is 0 Å². The molecule has 0 fully saturated rings. The number of nitrogens with two attached hydrogens (primary N) is 1. The van der Waals surface area contributed by atoms with Gasteiger partial charge >= 0.3 is 0 Å². The number of aryl methyl sites for hydroxylation is 1. The second-order valence-corrected chi connectivity index (χ2v) is 4.93. The van der Waals surface area contributed by atoms with Gasteiger partial charge in [0.15, 0.2) is 0 Å². The summed E-state index contributed by atoms with van der Waals surface area (Å²) >= 11 is 6.18. The van der Waals surface area contributed by atoms with E-state index < -0.39 is 0 Å². The zero-order chi connectivity index (χ0) is 13.1. The predicted molar refractivity (Wildman–Crippen MR) is 79.1 cm³/mol. The van der Waals surface area contributed by atoms with Gasteiger partial charge in [-0.2, -0.15) is 0 Å². The summed E-state index contributed by atoms with van der Waals surface area (Å²) in [7, 11) is 0. The van der Waals surface area contributed by atoms with Crippen LogP contribution in [0.3, 0.4) is 0 Å². The molecule has 0 aliphatic carbocycles. The molecule has 94 valence electrons. The van der Waals surface area contributed by atoms with Crippen molar-refractivity contribution in [2.45, 2.75) is 19.9 Å². The molecule has 1 unspecified atom stereocenters. The standard InChI is InChI=1S/C15H17ClN2/c1-10-7-12(17)9-13(8-10)18-11(2)14-5-3-4-6-15(14)16/h3-9,11,18H,17H2,1-2H3. The van der Waals surface area contributed by atoms with Crippen LogP contribution in [0.5, 0.6) is 0 Å². The van der Waals surface area contributed by atoms with Crippen LogP contribution in [0.2, 0.25) is 5.02 Å². The molecule has 3 heteroatoms. The van der Waals surface area contributed by atoms with E-state index in [4.69, 9.17) is 17.3 Å². The highest BCUT2D eigenvalue weighted by Crippen LogP contribution is 2.26. The van der Waals surface area contributed by atoms with E-state index in [0.717, 1.165) is 27.5 Å². The molecule has 0 bridgehead atoms. The molecule has 2 rings (SSSR count). The second kappa shape index (κ2) is 5.32. The largest absolute Gasteiger partial charge is 0.399 e. The first-order valence-corrected chi connectivity index (χ1v) is 6.32. The van der Waals surface area contributed by atoms with Gasteiger partial charge in [0, 0.05) is 22.4 Å². The summed E-state index contributed by atoms with van der Waals surface area (Å²) in [6, 6.07) is 13.9. The van der Waals surface area contributed by atoms with Gasteiger partial charge in [-0.1, -0.05) is 29.8 Å². The quantitative estimate of drug-likeness (QED) is 0.803. The van der Waals surface area contributed by atoms with Crippen LogP contribution in [0, 0.1) is 6.92 Å². The smallest absolute Gasteiger partial charge is 0.0500 e. The summed E-state index contributed by atoms with van der Waals surface area (Å²) < 4.78 is 0. The fourth-order valence-corrected chi connectivity index (χ4v) is 2.35. The molecule has 0 heterocycles. The van der Waals surface area contributed by atoms with Crippen LogP contribution in [-0.4, -0.2) is 0 Å². The molecule has 0 radical (unpaired) electrons. The monoisotopic (exact) mass is 260 g/mol. The zero-order valence-electron chi connectivity index (χ0n) is 10.6. The number of nitrogens with one attached hydrogen (secondary N) is 1. The Hall–Kier alpha value is -1.67. The number of hydrogen-bond donors (Lipinski definition) is 2. The van der Waals surface area contributed by atoms with Gasteiger partial charge in [-0.3, -0.25) is 0 Å². The van der Waals surface area contributed by atoms with E-state index >= 15 is 0 Å². The fourth-order valence-electron chi connectivity index (χ4n) is 2.05. The molecule has 1 atom stereocenters. The first kappa shape index (κ1) is 12.8. The van der Waals surface area contributed by atoms with Crippen molar-refractivity contribution in [2.24, 2.45) is 0 Å². The predicted octanol–water partition coefficient (Wildman–Crippen LogP) is 4.40. The third-order valence-corrected chi connectivity index (χ3v) is 3.20. The van der Waals surface area contributed by atoms with E-state index in [2.05, 4.69) is 18.3 Å². The van der Waals surface area contributed by atoms with Gasteiger partial charge in [-0.05, 0) is 49.2 Å². The van der Waals surface area contributed by atoms with E-state index in [1.54, 1.807) is 0 Å². The van der Waals surface area contributed by atoms with Gasteiger partial charge < -0.3 is 11.1 Å². The lowest BCUT2D eigenvalue weighted by atomic mass is 10.1. The Bertz CT molecular complexity index is 532. The van der Waals surface area contributed by atoms with Crippen molar-refractivity contribution < 1.29 is 0 Å². The molecule has 0 amide bonds. The molecule has 0 aliphatic heterocycles. The second-order valence-electron chi connectivity index (χ2n) is 4.52. The first-order chi connectivity index (χ1) is 8.56. The maximum Gasteiger partial charge on any atom is 0.0500 e. The maximum absolute atomic E-state index is 6.18. The number of hydrogen-bond acceptors (Lipinski definition) is 2. The third kappa shape index (κ3) is 2.96. The van der Waals surface area contributed by atoms with Crippen molar-refractivity contribution >= 4 is 23.0 Å². The Kier molecular flexibility index (Phi) is 3.78. The van der Waals surface area contributed by atoms with Crippen molar-refractivity contribution in [1.82, 2.24) is 0 Å². The molecule has 0 saturated heterocycles. The zero-order valence-corrected chi connectivity index (χ0v) is 11.3. The Balaban J connectivity index is 2.21. The first-order valence-electron chi connectivity index (χ1n) is 5.94. The molecule has 0 aliphatic rings. The Morgan fingerprint density at radius 2 is 1.89 bits per heavy atom. The average Bonchev–Trinajstić information content (AvgIpc) is 2.27. The minimum Gasteiger partial charge on any atom is -0.399 e. The van der Waals surface area contributed by atoms with Gasteiger partial charge in [-0.15, -0.1) is 0 Å². The lowest BCUT2D eigenvalue weighted by Gasteiger charge is -2.17. The molecule has 2 aromatic rings. The van der Waals surface area contributed by atoms with Crippen molar-refractivity contribution in [3.63, 3.8) is 0 Å². The summed E-state index contributed by atoms with van der Waals surface area (Å²) in [6.45, 7) is 4.11. The van der Waals surface area contributed by atoms with Crippen molar-refractivity contribution in [2.75, 3.05) is 11.1 Å². The molecule has 18 heavy (non-hydrogen) atoms. The highest BCUT2D eigenvalue weighted by molar-refractivity contribution is 6.31. The Labute approximate surface area is 113 Å². The highest BCUT2D eigenvalue weighted by Gasteiger charge is 2.09. The van der Waals surface area contributed by atoms with Crippen molar-refractivity contribution in [3.8, 4) is 0 Å². The minimum absolute atomic E-state index is 0.139. The minimum atomic E-state index is 0.139. The summed E-state index contributed by atoms with van der Waals surface area (Å²) in [5, 5.41) is 4.19. The molecular weight excluding hydrogens is 244 g/mol. The van der Waals surface area contributed by atoms with Crippen molar-refractivity contribution in [1.29, 1.82) is 0 Å². The van der Waals surface area contributed by atoms with Crippen LogP contribution in [0.25, 0.3) is 0 Å². The van der Waals surface area contributed by atoms with Crippen molar-refractivity contribution in [3.05, 3.63) is 58.6 Å². The van der Waals surface area contributed by atoms with Crippen LogP contribution >= 0.6 is 11.6 Å². The summed E-state index contributed by atoms with van der Waals surface area (Å²) in [5.41, 5.74) is 9.84. The third-order valence-electron chi connectivity index (χ3n) is 2.85. The lowest BCUT2D eigenvalue weighted by molar-refractivity contribution is 0.885. The normalized spacial score (nSPS) is 12.2. The van der Waals surface area contributed by atoms with E-state index in [1.807, 2.05) is 43.3 Å². The Morgan fingerprint density at radius 1 is 1.17 bits per heavy atom. The molecular formula is C15H17ClN2. The van der Waals surface area contributed by atoms with Crippen LogP contribution in [0.1, 0.15) is 24.1 Å².